The number of aromatic carboxylic acids is 1. The quantitative estimate of drug-likeness (QED) is 0.578. The minimum atomic E-state index is -1.83. The van der Waals surface area contributed by atoms with Crippen molar-refractivity contribution in [1.82, 2.24) is 0 Å². The molecule has 1 aliphatic heterocycles. The maximum Gasteiger partial charge on any atom is 0.336 e. The van der Waals surface area contributed by atoms with Crippen LogP contribution in [0.2, 0.25) is 0 Å². The number of carboxylic acid groups (broad SMARTS) is 1. The van der Waals surface area contributed by atoms with E-state index in [0.29, 0.717) is 11.4 Å². The molecule has 0 aromatic heterocycles. The molecule has 0 bridgehead atoms. The number of aliphatic hydroxyl groups excluding tert-OH is 1. The summed E-state index contributed by atoms with van der Waals surface area (Å²) in [5.41, 5.74) is 1.02. The highest BCUT2D eigenvalue weighted by Crippen LogP contribution is 2.31. The number of benzene rings is 3. The molecular formula is C25H19N2O6S-. The highest BCUT2D eigenvalue weighted by atomic mass is 32.2. The second-order valence-corrected chi connectivity index (χ2v) is 8.44. The Bertz CT molecular complexity index is 1450. The Balaban J connectivity index is 1.96. The number of ether oxygens (including phenoxy) is 1. The molecule has 0 radical (unpaired) electrons. The number of rotatable bonds is 5. The molecule has 172 valence electrons. The number of carbonyl (C=O) groups is 1. The van der Waals surface area contributed by atoms with Crippen molar-refractivity contribution in [3.8, 4) is 0 Å². The van der Waals surface area contributed by atoms with Crippen LogP contribution in [0, 0.1) is 0 Å². The van der Waals surface area contributed by atoms with Gasteiger partial charge in [-0.2, -0.15) is 0 Å². The van der Waals surface area contributed by atoms with E-state index in [4.69, 9.17) is 4.74 Å². The minimum absolute atomic E-state index is 0.0480. The third-order valence-electron chi connectivity index (χ3n) is 5.00. The average molecular weight is 476 g/mol. The van der Waals surface area contributed by atoms with Crippen LogP contribution in [0.3, 0.4) is 0 Å². The monoisotopic (exact) mass is 475 g/mol. The van der Waals surface area contributed by atoms with Crippen molar-refractivity contribution in [3.63, 3.8) is 0 Å². The summed E-state index contributed by atoms with van der Waals surface area (Å²) in [7, 11) is -0.493. The number of para-hydroxylation sites is 2. The molecule has 3 aromatic rings. The summed E-state index contributed by atoms with van der Waals surface area (Å²) in [5, 5.41) is 30.4. The van der Waals surface area contributed by atoms with Crippen molar-refractivity contribution in [2.24, 2.45) is 4.99 Å². The Kier molecular flexibility index (Phi) is 6.46. The lowest BCUT2D eigenvalue weighted by atomic mass is 10.1. The van der Waals surface area contributed by atoms with Crippen LogP contribution in [0.15, 0.2) is 95.0 Å². The summed E-state index contributed by atoms with van der Waals surface area (Å²) in [4.78, 5) is 18.4. The van der Waals surface area contributed by atoms with E-state index in [1.165, 1.54) is 19.2 Å². The maximum atomic E-state index is 13.7. The second kappa shape index (κ2) is 9.63. The third-order valence-corrected chi connectivity index (χ3v) is 6.31. The first kappa shape index (κ1) is 22.8. The normalized spacial score (nSPS) is 18.4. The van der Waals surface area contributed by atoms with Gasteiger partial charge in [-0.05, 0) is 41.6 Å². The van der Waals surface area contributed by atoms with Gasteiger partial charge >= 0.3 is 5.97 Å². The van der Waals surface area contributed by atoms with E-state index < -0.39 is 22.7 Å². The van der Waals surface area contributed by atoms with Gasteiger partial charge in [-0.15, -0.1) is 0 Å². The van der Waals surface area contributed by atoms with Crippen molar-refractivity contribution in [2.45, 2.75) is 0 Å². The van der Waals surface area contributed by atoms with Gasteiger partial charge in [-0.1, -0.05) is 42.5 Å². The second-order valence-electron chi connectivity index (χ2n) is 7.10. The Labute approximate surface area is 197 Å². The van der Waals surface area contributed by atoms with Crippen molar-refractivity contribution < 1.29 is 29.1 Å². The smallest absolute Gasteiger partial charge is 0.336 e. The van der Waals surface area contributed by atoms with Gasteiger partial charge in [0.1, 0.15) is 21.5 Å². The van der Waals surface area contributed by atoms with Gasteiger partial charge in [-0.25, -0.2) is 14.0 Å². The molecule has 1 unspecified atom stereocenters. The number of aliphatic imine (C=N–C) groups is 1. The number of anilines is 1. The summed E-state index contributed by atoms with van der Waals surface area (Å²) >= 11 is 0. The molecule has 0 saturated heterocycles. The number of carboxylic acids is 1. The molecule has 3 aromatic carbocycles. The SMILES string of the molecule is COC(C1=CN(c2ccccc2)C(=Nc2ccccc2)S1=O)=c1ccc(=C([O-])O)cc1C(=O)O. The van der Waals surface area contributed by atoms with Crippen LogP contribution in [0.25, 0.3) is 11.7 Å². The summed E-state index contributed by atoms with van der Waals surface area (Å²) in [6.45, 7) is 0. The molecule has 0 amide bonds. The third kappa shape index (κ3) is 4.41. The number of hydrogen-bond donors (Lipinski definition) is 2. The lowest BCUT2D eigenvalue weighted by Crippen LogP contribution is -2.26. The molecular weight excluding hydrogens is 456 g/mol. The largest absolute Gasteiger partial charge is 0.629 e. The lowest BCUT2D eigenvalue weighted by molar-refractivity contribution is -0.283. The highest BCUT2D eigenvalue weighted by Gasteiger charge is 2.33. The predicted octanol–water partition coefficient (Wildman–Crippen LogP) is 1.92. The van der Waals surface area contributed by atoms with E-state index in [9.17, 15) is 24.3 Å². The summed E-state index contributed by atoms with van der Waals surface area (Å²) in [6, 6.07) is 21.9. The maximum absolute atomic E-state index is 13.7. The van der Waals surface area contributed by atoms with E-state index in [2.05, 4.69) is 4.99 Å². The summed E-state index contributed by atoms with van der Waals surface area (Å²) in [5.74, 6) is -2.55. The lowest BCUT2D eigenvalue weighted by Gasteiger charge is -2.15. The summed E-state index contributed by atoms with van der Waals surface area (Å²) in [6.07, 6.45) is 1.59. The molecule has 1 heterocycles. The van der Waals surface area contributed by atoms with Gasteiger partial charge < -0.3 is 20.1 Å². The molecule has 34 heavy (non-hydrogen) atoms. The van der Waals surface area contributed by atoms with Crippen LogP contribution < -0.4 is 20.4 Å². The van der Waals surface area contributed by atoms with Crippen LogP contribution >= 0.6 is 0 Å². The molecule has 8 nitrogen and oxygen atoms in total. The molecule has 0 fully saturated rings. The van der Waals surface area contributed by atoms with Gasteiger partial charge in [0.2, 0.25) is 5.17 Å². The molecule has 2 N–H and O–H groups in total. The van der Waals surface area contributed by atoms with Gasteiger partial charge in [0, 0.05) is 17.1 Å². The van der Waals surface area contributed by atoms with Crippen LogP contribution in [0.4, 0.5) is 11.4 Å². The van der Waals surface area contributed by atoms with Gasteiger partial charge in [0.05, 0.1) is 24.3 Å². The van der Waals surface area contributed by atoms with Crippen molar-refractivity contribution in [3.05, 3.63) is 106 Å². The van der Waals surface area contributed by atoms with E-state index in [1.807, 2.05) is 48.5 Å². The fourth-order valence-electron chi connectivity index (χ4n) is 3.43. The molecule has 0 aliphatic carbocycles. The fraction of sp³-hybridized carbons (Fsp3) is 0.0400. The minimum Gasteiger partial charge on any atom is -0.629 e. The predicted molar refractivity (Wildman–Crippen MR) is 128 cm³/mol. The van der Waals surface area contributed by atoms with Crippen molar-refractivity contribution >= 4 is 45.0 Å². The standard InChI is InChI=1S/C25H20N2O6S/c1-33-22(19-13-12-16(23(28)29)14-20(19)24(30)31)21-15-27(18-10-6-3-7-11-18)25(34(21)32)26-17-8-4-2-5-9-17/h2-15,28-29H,1H3,(H,30,31)/p-1. The van der Waals surface area contributed by atoms with Crippen LogP contribution in [0.5, 0.6) is 0 Å². The Morgan fingerprint density at radius 1 is 1.00 bits per heavy atom. The molecule has 9 heteroatoms. The number of nitrogens with zero attached hydrogens (tertiary/aromatic N) is 2. The van der Waals surface area contributed by atoms with Crippen LogP contribution in [-0.2, 0) is 15.5 Å². The number of methoxy groups -OCH3 is 1. The van der Waals surface area contributed by atoms with Gasteiger partial charge in [0.25, 0.3) is 0 Å². The van der Waals surface area contributed by atoms with Gasteiger partial charge in [0.15, 0.2) is 0 Å². The first-order valence-electron chi connectivity index (χ1n) is 10.0. The summed E-state index contributed by atoms with van der Waals surface area (Å²) < 4.78 is 19.2. The number of aliphatic hydroxyl groups is 1. The Morgan fingerprint density at radius 2 is 1.65 bits per heavy atom. The van der Waals surface area contributed by atoms with Crippen molar-refractivity contribution in [1.29, 1.82) is 0 Å². The molecule has 0 saturated carbocycles. The van der Waals surface area contributed by atoms with E-state index in [1.54, 1.807) is 23.2 Å². The Morgan fingerprint density at radius 3 is 2.24 bits per heavy atom. The number of amidine groups is 1. The first-order valence-corrected chi connectivity index (χ1v) is 11.2. The van der Waals surface area contributed by atoms with E-state index >= 15 is 0 Å². The van der Waals surface area contributed by atoms with Gasteiger partial charge in [-0.3, -0.25) is 4.90 Å². The highest BCUT2D eigenvalue weighted by molar-refractivity contribution is 8.05. The van der Waals surface area contributed by atoms with E-state index in [0.717, 1.165) is 6.07 Å². The van der Waals surface area contributed by atoms with Crippen LogP contribution in [0.1, 0.15) is 10.4 Å². The molecule has 4 rings (SSSR count). The Hall–Kier alpha value is -4.37. The van der Waals surface area contributed by atoms with Crippen molar-refractivity contribution in [2.75, 3.05) is 12.0 Å². The zero-order chi connectivity index (χ0) is 24.2. The van der Waals surface area contributed by atoms with E-state index in [-0.39, 0.29) is 31.8 Å². The van der Waals surface area contributed by atoms with Crippen LogP contribution in [-0.4, -0.2) is 32.7 Å². The topological polar surface area (TPSA) is 122 Å². The zero-order valence-electron chi connectivity index (χ0n) is 17.9. The average Bonchev–Trinajstić information content (AvgIpc) is 3.16. The molecule has 1 aliphatic rings. The fourth-order valence-corrected chi connectivity index (χ4v) is 4.71. The molecule has 1 atom stereocenters. The zero-order valence-corrected chi connectivity index (χ0v) is 18.7. The number of hydrogen-bond acceptors (Lipinski definition) is 6. The first-order chi connectivity index (χ1) is 16.4. The molecule has 0 spiro atoms.